The quantitative estimate of drug-likeness (QED) is 0.796. The minimum Gasteiger partial charge on any atom is -0.481 e. The van der Waals surface area contributed by atoms with E-state index in [1.165, 1.54) is 0 Å². The summed E-state index contributed by atoms with van der Waals surface area (Å²) in [6, 6.07) is 8.47. The molecule has 0 heterocycles. The maximum Gasteiger partial charge on any atom is 0.303 e. The number of carbonyl (C=O) groups is 2. The second-order valence-corrected chi connectivity index (χ2v) is 5.01. The summed E-state index contributed by atoms with van der Waals surface area (Å²) >= 11 is 0. The average molecular weight is 278 g/mol. The monoisotopic (exact) mass is 278 g/mol. The predicted molar refractivity (Wildman–Crippen MR) is 77.1 cm³/mol. The van der Waals surface area contributed by atoms with Gasteiger partial charge in [-0.1, -0.05) is 30.3 Å². The lowest BCUT2D eigenvalue weighted by Gasteiger charge is -2.29. The molecule has 1 aromatic carbocycles. The molecule has 0 saturated heterocycles. The third-order valence-corrected chi connectivity index (χ3v) is 3.12. The fraction of sp³-hybridized carbons (Fsp3) is 0.467. The van der Waals surface area contributed by atoms with Crippen molar-refractivity contribution in [2.45, 2.75) is 38.8 Å². The molecule has 0 radical (unpaired) electrons. The summed E-state index contributed by atoms with van der Waals surface area (Å²) in [7, 11) is 0. The molecule has 0 aromatic heterocycles. The van der Waals surface area contributed by atoms with E-state index in [1.54, 1.807) is 4.90 Å². The highest BCUT2D eigenvalue weighted by Crippen LogP contribution is 2.15. The molecule has 0 spiro atoms. The van der Waals surface area contributed by atoms with E-state index >= 15 is 0 Å². The van der Waals surface area contributed by atoms with Gasteiger partial charge in [0.1, 0.15) is 6.04 Å². The van der Waals surface area contributed by atoms with E-state index < -0.39 is 12.0 Å². The minimum atomic E-state index is -0.853. The molecule has 0 aliphatic rings. The molecule has 5 nitrogen and oxygen atoms in total. The second-order valence-electron chi connectivity index (χ2n) is 5.01. The van der Waals surface area contributed by atoms with E-state index in [0.29, 0.717) is 13.0 Å². The average Bonchev–Trinajstić information content (AvgIpc) is 2.42. The smallest absolute Gasteiger partial charge is 0.303 e. The predicted octanol–water partition coefficient (Wildman–Crippen LogP) is 1.79. The van der Waals surface area contributed by atoms with Crippen LogP contribution in [-0.2, 0) is 9.59 Å². The van der Waals surface area contributed by atoms with Crippen LogP contribution in [0.4, 0.5) is 0 Å². The van der Waals surface area contributed by atoms with Gasteiger partial charge in [-0.25, -0.2) is 0 Å². The number of aliphatic carboxylic acids is 1. The summed E-state index contributed by atoms with van der Waals surface area (Å²) in [4.78, 5) is 24.6. The molecule has 1 rings (SSSR count). The van der Waals surface area contributed by atoms with Crippen molar-refractivity contribution in [3.05, 3.63) is 35.9 Å². The van der Waals surface area contributed by atoms with Crippen LogP contribution in [0.2, 0.25) is 0 Å². The Morgan fingerprint density at radius 2 is 1.85 bits per heavy atom. The topological polar surface area (TPSA) is 83.6 Å². The molecule has 110 valence electrons. The molecule has 1 atom stereocenters. The number of amides is 1. The molecule has 0 fully saturated rings. The zero-order valence-corrected chi connectivity index (χ0v) is 12.0. The molecule has 1 amide bonds. The highest BCUT2D eigenvalue weighted by atomic mass is 16.4. The highest BCUT2D eigenvalue weighted by molar-refractivity contribution is 5.83. The fourth-order valence-corrected chi connectivity index (χ4v) is 2.01. The Morgan fingerprint density at radius 1 is 1.25 bits per heavy atom. The Hall–Kier alpha value is -1.88. The maximum atomic E-state index is 12.4. The van der Waals surface area contributed by atoms with Crippen LogP contribution < -0.4 is 5.73 Å². The van der Waals surface area contributed by atoms with Crippen molar-refractivity contribution in [1.82, 2.24) is 4.90 Å². The van der Waals surface area contributed by atoms with Crippen LogP contribution in [0.3, 0.4) is 0 Å². The molecule has 3 N–H and O–H groups in total. The zero-order valence-electron chi connectivity index (χ0n) is 12.0. The first-order valence-electron chi connectivity index (χ1n) is 6.76. The molecule has 20 heavy (non-hydrogen) atoms. The molecule has 0 bridgehead atoms. The molecule has 0 saturated carbocycles. The SMILES string of the molecule is CC(C)N(CCCC(=O)O)C(=O)C(N)c1ccccc1. The Bertz CT molecular complexity index is 446. The number of carboxylic acids is 1. The number of nitrogens with zero attached hydrogens (tertiary/aromatic N) is 1. The number of carbonyl (C=O) groups excluding carboxylic acids is 1. The van der Waals surface area contributed by atoms with Crippen molar-refractivity contribution in [3.63, 3.8) is 0 Å². The number of hydrogen-bond acceptors (Lipinski definition) is 3. The summed E-state index contributed by atoms with van der Waals surface area (Å²) < 4.78 is 0. The molecule has 5 heteroatoms. The van der Waals surface area contributed by atoms with Crippen molar-refractivity contribution >= 4 is 11.9 Å². The third kappa shape index (κ3) is 4.66. The molecule has 1 unspecified atom stereocenters. The van der Waals surface area contributed by atoms with Crippen LogP contribution in [0.1, 0.15) is 38.3 Å². The van der Waals surface area contributed by atoms with E-state index in [0.717, 1.165) is 5.56 Å². The van der Waals surface area contributed by atoms with Crippen LogP contribution in [0.15, 0.2) is 30.3 Å². The number of rotatable bonds is 7. The highest BCUT2D eigenvalue weighted by Gasteiger charge is 2.24. The van der Waals surface area contributed by atoms with E-state index in [2.05, 4.69) is 0 Å². The Balaban J connectivity index is 2.71. The molecular formula is C15H22N2O3. The minimum absolute atomic E-state index is 0.00828. The van der Waals surface area contributed by atoms with Crippen LogP contribution >= 0.6 is 0 Å². The Labute approximate surface area is 119 Å². The van der Waals surface area contributed by atoms with Gasteiger partial charge in [0.15, 0.2) is 0 Å². The first-order valence-corrected chi connectivity index (χ1v) is 6.76. The van der Waals surface area contributed by atoms with Gasteiger partial charge in [-0.2, -0.15) is 0 Å². The summed E-state index contributed by atoms with van der Waals surface area (Å²) in [5.74, 6) is -1.02. The van der Waals surface area contributed by atoms with Gasteiger partial charge in [0.2, 0.25) is 5.91 Å². The van der Waals surface area contributed by atoms with E-state index in [1.807, 2.05) is 44.2 Å². The molecule has 1 aromatic rings. The lowest BCUT2D eigenvalue weighted by atomic mass is 10.1. The van der Waals surface area contributed by atoms with Crippen molar-refractivity contribution in [3.8, 4) is 0 Å². The van der Waals surface area contributed by atoms with Gasteiger partial charge in [0, 0.05) is 19.0 Å². The first-order chi connectivity index (χ1) is 9.43. The number of hydrogen-bond donors (Lipinski definition) is 2. The molecule has 0 aliphatic heterocycles. The number of benzene rings is 1. The van der Waals surface area contributed by atoms with Gasteiger partial charge in [0.25, 0.3) is 0 Å². The van der Waals surface area contributed by atoms with E-state index in [4.69, 9.17) is 10.8 Å². The Kier molecular flexibility index (Phi) is 6.18. The molecular weight excluding hydrogens is 256 g/mol. The summed E-state index contributed by atoms with van der Waals surface area (Å²) in [5, 5.41) is 8.66. The standard InChI is InChI=1S/C15H22N2O3/c1-11(2)17(10-6-9-13(18)19)15(20)14(16)12-7-4-3-5-8-12/h3-5,7-8,11,14H,6,9-10,16H2,1-2H3,(H,18,19). The third-order valence-electron chi connectivity index (χ3n) is 3.12. The van der Waals surface area contributed by atoms with Crippen LogP contribution in [0.25, 0.3) is 0 Å². The number of nitrogens with two attached hydrogens (primary N) is 1. The Morgan fingerprint density at radius 3 is 2.35 bits per heavy atom. The van der Waals surface area contributed by atoms with Crippen LogP contribution in [0, 0.1) is 0 Å². The summed E-state index contributed by atoms with van der Waals surface area (Å²) in [6.07, 6.45) is 0.484. The van der Waals surface area contributed by atoms with Crippen LogP contribution in [0.5, 0.6) is 0 Å². The van der Waals surface area contributed by atoms with Crippen molar-refractivity contribution < 1.29 is 14.7 Å². The summed E-state index contributed by atoms with van der Waals surface area (Å²) in [5.41, 5.74) is 6.77. The van der Waals surface area contributed by atoms with E-state index in [-0.39, 0.29) is 18.4 Å². The fourth-order valence-electron chi connectivity index (χ4n) is 2.01. The van der Waals surface area contributed by atoms with Gasteiger partial charge in [-0.15, -0.1) is 0 Å². The number of carboxylic acid groups (broad SMARTS) is 1. The largest absolute Gasteiger partial charge is 0.481 e. The lowest BCUT2D eigenvalue weighted by Crippen LogP contribution is -2.43. The van der Waals surface area contributed by atoms with Crippen molar-refractivity contribution in [2.75, 3.05) is 6.54 Å². The van der Waals surface area contributed by atoms with Gasteiger partial charge in [-0.3, -0.25) is 9.59 Å². The first kappa shape index (κ1) is 16.2. The van der Waals surface area contributed by atoms with Gasteiger partial charge >= 0.3 is 5.97 Å². The second kappa shape index (κ2) is 7.65. The maximum absolute atomic E-state index is 12.4. The van der Waals surface area contributed by atoms with Crippen LogP contribution in [-0.4, -0.2) is 34.5 Å². The van der Waals surface area contributed by atoms with Crippen molar-refractivity contribution in [1.29, 1.82) is 0 Å². The summed E-state index contributed by atoms with van der Waals surface area (Å²) in [6.45, 7) is 4.20. The normalized spacial score (nSPS) is 12.2. The van der Waals surface area contributed by atoms with E-state index in [9.17, 15) is 9.59 Å². The zero-order chi connectivity index (χ0) is 15.1. The van der Waals surface area contributed by atoms with Gasteiger partial charge < -0.3 is 15.7 Å². The van der Waals surface area contributed by atoms with Crippen molar-refractivity contribution in [2.24, 2.45) is 5.73 Å². The van der Waals surface area contributed by atoms with Gasteiger partial charge in [-0.05, 0) is 25.8 Å². The molecule has 0 aliphatic carbocycles. The van der Waals surface area contributed by atoms with Gasteiger partial charge in [0.05, 0.1) is 0 Å². The lowest BCUT2D eigenvalue weighted by molar-refractivity contribution is -0.139.